The van der Waals surface area contributed by atoms with Crippen LogP contribution in [0.2, 0.25) is 0 Å². The van der Waals surface area contributed by atoms with E-state index in [1.807, 2.05) is 0 Å². The van der Waals surface area contributed by atoms with Gasteiger partial charge in [-0.15, -0.1) is 24.0 Å². The van der Waals surface area contributed by atoms with Gasteiger partial charge < -0.3 is 0 Å². The van der Waals surface area contributed by atoms with Gasteiger partial charge in [0.2, 0.25) is 0 Å². The highest BCUT2D eigenvalue weighted by atomic mass is 35.5. The van der Waals surface area contributed by atoms with Crippen molar-refractivity contribution in [2.45, 2.75) is 12.1 Å². The summed E-state index contributed by atoms with van der Waals surface area (Å²) in [5.74, 6) is -0.01000. The van der Waals surface area contributed by atoms with E-state index in [-0.39, 0.29) is 24.0 Å². The Labute approximate surface area is 84.3 Å². The summed E-state index contributed by atoms with van der Waals surface area (Å²) in [5, 5.41) is 0. The van der Waals surface area contributed by atoms with E-state index in [2.05, 4.69) is 4.98 Å². The molecule has 13 heavy (non-hydrogen) atoms. The second-order valence-electron chi connectivity index (χ2n) is 2.17. The second-order valence-corrected chi connectivity index (χ2v) is 2.43. The van der Waals surface area contributed by atoms with Crippen LogP contribution < -0.4 is 0 Å². The molecule has 0 aliphatic heterocycles. The fourth-order valence-electron chi connectivity index (χ4n) is 0.728. The number of hydrogen-bond acceptors (Lipinski definition) is 1. The van der Waals surface area contributed by atoms with Crippen LogP contribution in [0.4, 0.5) is 13.2 Å². The maximum atomic E-state index is 12.0. The van der Waals surface area contributed by atoms with Crippen molar-refractivity contribution in [3.8, 4) is 0 Å². The zero-order valence-electron chi connectivity index (χ0n) is 6.31. The average molecular weight is 232 g/mol. The maximum absolute atomic E-state index is 12.0. The minimum Gasteiger partial charge on any atom is -0.260 e. The molecule has 0 radical (unpaired) electrons. The lowest BCUT2D eigenvalue weighted by atomic mass is 10.2. The summed E-state index contributed by atoms with van der Waals surface area (Å²) in [7, 11) is 0. The minimum atomic E-state index is -4.32. The lowest BCUT2D eigenvalue weighted by Crippen LogP contribution is -2.05. The van der Waals surface area contributed by atoms with E-state index in [4.69, 9.17) is 11.6 Å². The van der Waals surface area contributed by atoms with Gasteiger partial charge >= 0.3 is 6.18 Å². The first kappa shape index (κ1) is 12.5. The second kappa shape index (κ2) is 4.67. The number of hydrogen-bond donors (Lipinski definition) is 0. The molecule has 1 rings (SSSR count). The van der Waals surface area contributed by atoms with E-state index in [9.17, 15) is 13.2 Å². The van der Waals surface area contributed by atoms with Gasteiger partial charge in [-0.3, -0.25) is 4.98 Å². The Morgan fingerprint density at radius 2 is 2.00 bits per heavy atom. The van der Waals surface area contributed by atoms with Crippen LogP contribution in [0.5, 0.6) is 0 Å². The van der Waals surface area contributed by atoms with Crippen LogP contribution in [-0.4, -0.2) is 4.98 Å². The lowest BCUT2D eigenvalue weighted by molar-refractivity contribution is -0.137. The number of alkyl halides is 4. The van der Waals surface area contributed by atoms with Crippen LogP contribution in [-0.2, 0) is 12.1 Å². The molecule has 0 saturated carbocycles. The van der Waals surface area contributed by atoms with E-state index >= 15 is 0 Å². The summed E-state index contributed by atoms with van der Waals surface area (Å²) in [6.07, 6.45) is -3.22. The van der Waals surface area contributed by atoms with Crippen molar-refractivity contribution in [1.29, 1.82) is 0 Å². The summed E-state index contributed by atoms with van der Waals surface area (Å²) in [6.45, 7) is 0. The fraction of sp³-hybridized carbons (Fsp3) is 0.286. The predicted octanol–water partition coefficient (Wildman–Crippen LogP) is 3.26. The number of aromatic nitrogens is 1. The molecule has 0 unspecified atom stereocenters. The van der Waals surface area contributed by atoms with Crippen LogP contribution in [0.15, 0.2) is 18.3 Å². The van der Waals surface area contributed by atoms with Crippen LogP contribution in [0, 0.1) is 0 Å². The van der Waals surface area contributed by atoms with Gasteiger partial charge in [0, 0.05) is 6.20 Å². The molecule has 0 N–H and O–H groups in total. The average Bonchev–Trinajstić information content (AvgIpc) is 2.03. The number of rotatable bonds is 1. The summed E-state index contributed by atoms with van der Waals surface area (Å²) >= 11 is 5.32. The van der Waals surface area contributed by atoms with Crippen LogP contribution in [0.3, 0.4) is 0 Å². The Morgan fingerprint density at radius 3 is 2.46 bits per heavy atom. The molecule has 0 aromatic carbocycles. The van der Waals surface area contributed by atoms with E-state index in [1.165, 1.54) is 0 Å². The topological polar surface area (TPSA) is 12.9 Å². The third-order valence-electron chi connectivity index (χ3n) is 1.28. The number of halogens is 5. The number of nitrogens with zero attached hydrogens (tertiary/aromatic N) is 1. The Balaban J connectivity index is 0.00000144. The molecule has 1 heterocycles. The van der Waals surface area contributed by atoms with Crippen LogP contribution in [0.25, 0.3) is 0 Å². The monoisotopic (exact) mass is 231 g/mol. The van der Waals surface area contributed by atoms with E-state index in [0.717, 1.165) is 18.3 Å². The van der Waals surface area contributed by atoms with Gasteiger partial charge in [0.25, 0.3) is 0 Å². The standard InChI is InChI=1S/C7H5ClF3N.ClH/c8-4-6-3-5(1-2-12-6)7(9,10)11;/h1-3H,4H2;1H. The van der Waals surface area contributed by atoms with Gasteiger partial charge in [-0.25, -0.2) is 0 Å². The highest BCUT2D eigenvalue weighted by Crippen LogP contribution is 2.29. The molecule has 1 aromatic heterocycles. The first-order chi connectivity index (χ1) is 5.54. The van der Waals surface area contributed by atoms with Gasteiger partial charge in [-0.1, -0.05) is 0 Å². The van der Waals surface area contributed by atoms with Gasteiger partial charge in [-0.2, -0.15) is 13.2 Å². The largest absolute Gasteiger partial charge is 0.416 e. The molecule has 1 nitrogen and oxygen atoms in total. The van der Waals surface area contributed by atoms with Crippen molar-refractivity contribution in [3.63, 3.8) is 0 Å². The molecule has 0 atom stereocenters. The zero-order chi connectivity index (χ0) is 9.19. The summed E-state index contributed by atoms with van der Waals surface area (Å²) < 4.78 is 36.1. The zero-order valence-corrected chi connectivity index (χ0v) is 7.88. The molecule has 6 heteroatoms. The SMILES string of the molecule is Cl.FC(F)(F)c1ccnc(CCl)c1. The van der Waals surface area contributed by atoms with Crippen LogP contribution >= 0.6 is 24.0 Å². The Morgan fingerprint density at radius 1 is 1.38 bits per heavy atom. The molecule has 0 aliphatic carbocycles. The fourth-order valence-corrected chi connectivity index (χ4v) is 0.874. The van der Waals surface area contributed by atoms with Crippen molar-refractivity contribution in [1.82, 2.24) is 4.98 Å². The first-order valence-electron chi connectivity index (χ1n) is 3.12. The van der Waals surface area contributed by atoms with Gasteiger partial charge in [0.05, 0.1) is 17.1 Å². The Bertz CT molecular complexity index is 275. The molecule has 0 aliphatic rings. The molecule has 0 spiro atoms. The smallest absolute Gasteiger partial charge is 0.260 e. The molecule has 1 aromatic rings. The first-order valence-corrected chi connectivity index (χ1v) is 3.65. The highest BCUT2D eigenvalue weighted by Gasteiger charge is 2.30. The van der Waals surface area contributed by atoms with Gasteiger partial charge in [0.1, 0.15) is 0 Å². The quantitative estimate of drug-likeness (QED) is 0.677. The van der Waals surface area contributed by atoms with Crippen molar-refractivity contribution in [3.05, 3.63) is 29.6 Å². The van der Waals surface area contributed by atoms with Gasteiger partial charge in [0.15, 0.2) is 0 Å². The third-order valence-corrected chi connectivity index (χ3v) is 1.55. The minimum absolute atomic E-state index is 0. The molecule has 74 valence electrons. The maximum Gasteiger partial charge on any atom is 0.416 e. The normalized spacial score (nSPS) is 10.8. The molecule has 0 amide bonds. The summed E-state index contributed by atoms with van der Waals surface area (Å²) in [6, 6.07) is 1.85. The van der Waals surface area contributed by atoms with Crippen molar-refractivity contribution in [2.24, 2.45) is 0 Å². The Kier molecular flexibility index (Phi) is 4.50. The van der Waals surface area contributed by atoms with E-state index < -0.39 is 11.7 Å². The lowest BCUT2D eigenvalue weighted by Gasteiger charge is -2.06. The predicted molar refractivity (Wildman–Crippen MR) is 46.0 cm³/mol. The van der Waals surface area contributed by atoms with Crippen molar-refractivity contribution < 1.29 is 13.2 Å². The molecule has 0 fully saturated rings. The summed E-state index contributed by atoms with van der Waals surface area (Å²) in [4.78, 5) is 3.64. The molecular weight excluding hydrogens is 226 g/mol. The molecule has 0 saturated heterocycles. The van der Waals surface area contributed by atoms with Crippen molar-refractivity contribution in [2.75, 3.05) is 0 Å². The van der Waals surface area contributed by atoms with Gasteiger partial charge in [-0.05, 0) is 12.1 Å². The highest BCUT2D eigenvalue weighted by molar-refractivity contribution is 6.16. The van der Waals surface area contributed by atoms with E-state index in [0.29, 0.717) is 0 Å². The molecule has 0 bridgehead atoms. The summed E-state index contributed by atoms with van der Waals surface area (Å²) in [5.41, 5.74) is -0.486. The molecular formula is C7H6Cl2F3N. The number of pyridine rings is 1. The van der Waals surface area contributed by atoms with Crippen LogP contribution in [0.1, 0.15) is 11.3 Å². The van der Waals surface area contributed by atoms with E-state index in [1.54, 1.807) is 0 Å². The Hall–Kier alpha value is -0.480. The third kappa shape index (κ3) is 3.40. The van der Waals surface area contributed by atoms with Crippen molar-refractivity contribution >= 4 is 24.0 Å².